The molecule has 1 aliphatic carbocycles. The number of rotatable bonds is 8. The van der Waals surface area contributed by atoms with Crippen LogP contribution >= 0.6 is 0 Å². The highest BCUT2D eigenvalue weighted by Crippen LogP contribution is 2.38. The minimum Gasteiger partial charge on any atom is -0.481 e. The summed E-state index contributed by atoms with van der Waals surface area (Å²) < 4.78 is 5.78. The molecule has 2 aromatic rings. The standard InChI is InChI=1S/C25H33N5O4/c1-2-3-12-27-25-28-22(26)21-23(29-25)34-14-13-30(24(21)33)19-10-8-18(9-11-19)17-6-4-16(5-7-17)15-20(31)32/h8-11,16-17H,2-7,12-15H2,1H3,(H,31,32)(H3,26,27,28,29)/t16-,17-. The molecule has 0 spiro atoms. The Balaban J connectivity index is 1.46. The van der Waals surface area contributed by atoms with E-state index in [0.717, 1.165) is 50.8 Å². The molecule has 4 N–H and O–H groups in total. The van der Waals surface area contributed by atoms with Crippen LogP contribution in [0.15, 0.2) is 24.3 Å². The molecule has 1 aliphatic heterocycles. The molecule has 9 heteroatoms. The van der Waals surface area contributed by atoms with Crippen LogP contribution in [0.1, 0.15) is 73.7 Å². The van der Waals surface area contributed by atoms with Crippen molar-refractivity contribution in [2.24, 2.45) is 5.92 Å². The van der Waals surface area contributed by atoms with E-state index in [9.17, 15) is 9.59 Å². The van der Waals surface area contributed by atoms with Crippen molar-refractivity contribution in [2.45, 2.75) is 57.8 Å². The second-order valence-electron chi connectivity index (χ2n) is 9.11. The molecule has 2 aliphatic rings. The van der Waals surface area contributed by atoms with Gasteiger partial charge in [0.15, 0.2) is 0 Å². The molecule has 2 heterocycles. The van der Waals surface area contributed by atoms with E-state index in [4.69, 9.17) is 15.6 Å². The highest BCUT2D eigenvalue weighted by atomic mass is 16.5. The van der Waals surface area contributed by atoms with Gasteiger partial charge in [-0.25, -0.2) is 0 Å². The van der Waals surface area contributed by atoms with Crippen LogP contribution in [0.4, 0.5) is 17.5 Å². The molecule has 0 radical (unpaired) electrons. The third-order valence-corrected chi connectivity index (χ3v) is 6.72. The SMILES string of the molecule is CCCCNc1nc(N)c2c(n1)OCCN(c1ccc([C@H]3CC[C@H](CC(=O)O)CC3)cc1)C2=O. The van der Waals surface area contributed by atoms with Gasteiger partial charge in [-0.05, 0) is 61.6 Å². The van der Waals surface area contributed by atoms with Crippen molar-refractivity contribution in [2.75, 3.05) is 35.6 Å². The molecular weight excluding hydrogens is 434 g/mol. The fraction of sp³-hybridized carbons (Fsp3) is 0.520. The first-order valence-electron chi connectivity index (χ1n) is 12.1. The number of anilines is 3. The third kappa shape index (κ3) is 5.40. The fourth-order valence-corrected chi connectivity index (χ4v) is 4.81. The fourth-order valence-electron chi connectivity index (χ4n) is 4.81. The number of ether oxygens (including phenoxy) is 1. The van der Waals surface area contributed by atoms with Gasteiger partial charge in [0, 0.05) is 18.7 Å². The van der Waals surface area contributed by atoms with Gasteiger partial charge in [-0.15, -0.1) is 0 Å². The summed E-state index contributed by atoms with van der Waals surface area (Å²) in [7, 11) is 0. The number of amides is 1. The Morgan fingerprint density at radius 2 is 1.94 bits per heavy atom. The quantitative estimate of drug-likeness (QED) is 0.496. The summed E-state index contributed by atoms with van der Waals surface area (Å²) in [4.78, 5) is 34.6. The molecule has 182 valence electrons. The number of nitrogens with zero attached hydrogens (tertiary/aromatic N) is 3. The number of nitrogens with one attached hydrogen (secondary N) is 1. The number of carboxylic acid groups (broad SMARTS) is 1. The number of carboxylic acids is 1. The number of fused-ring (bicyclic) bond motifs is 1. The van der Waals surface area contributed by atoms with E-state index >= 15 is 0 Å². The largest absolute Gasteiger partial charge is 0.481 e. The molecule has 34 heavy (non-hydrogen) atoms. The van der Waals surface area contributed by atoms with Crippen molar-refractivity contribution in [3.05, 3.63) is 35.4 Å². The minimum atomic E-state index is -0.713. The van der Waals surface area contributed by atoms with E-state index in [2.05, 4.69) is 34.3 Å². The molecule has 1 aromatic heterocycles. The number of hydrogen-bond acceptors (Lipinski definition) is 7. The average Bonchev–Trinajstić information content (AvgIpc) is 2.98. The lowest BCUT2D eigenvalue weighted by Crippen LogP contribution is -2.32. The first kappa shape index (κ1) is 23.8. The second kappa shape index (κ2) is 10.7. The van der Waals surface area contributed by atoms with Crippen LogP contribution < -0.4 is 20.7 Å². The van der Waals surface area contributed by atoms with Gasteiger partial charge < -0.3 is 25.8 Å². The number of aliphatic carboxylic acids is 1. The number of hydrogen-bond donors (Lipinski definition) is 3. The Bertz CT molecular complexity index is 1020. The Morgan fingerprint density at radius 3 is 2.62 bits per heavy atom. The zero-order valence-corrected chi connectivity index (χ0v) is 19.6. The predicted molar refractivity (Wildman–Crippen MR) is 130 cm³/mol. The van der Waals surface area contributed by atoms with Gasteiger partial charge in [0.2, 0.25) is 11.8 Å². The van der Waals surface area contributed by atoms with Crippen molar-refractivity contribution in [1.29, 1.82) is 0 Å². The van der Waals surface area contributed by atoms with Crippen LogP contribution in [0.2, 0.25) is 0 Å². The molecule has 0 unspecified atom stereocenters. The first-order chi connectivity index (χ1) is 16.5. The molecule has 1 amide bonds. The molecule has 0 atom stereocenters. The Kier molecular flexibility index (Phi) is 7.49. The maximum atomic E-state index is 13.4. The number of aromatic nitrogens is 2. The van der Waals surface area contributed by atoms with Gasteiger partial charge in [-0.3, -0.25) is 9.59 Å². The number of carbonyl (C=O) groups excluding carboxylic acids is 1. The van der Waals surface area contributed by atoms with E-state index < -0.39 is 5.97 Å². The zero-order chi connectivity index (χ0) is 24.1. The molecule has 1 fully saturated rings. The molecule has 9 nitrogen and oxygen atoms in total. The van der Waals surface area contributed by atoms with E-state index in [1.54, 1.807) is 4.90 Å². The number of unbranched alkanes of at least 4 members (excludes halogenated alkanes) is 1. The van der Waals surface area contributed by atoms with Gasteiger partial charge in [-0.2, -0.15) is 9.97 Å². The lowest BCUT2D eigenvalue weighted by molar-refractivity contribution is -0.138. The lowest BCUT2D eigenvalue weighted by Gasteiger charge is -2.28. The second-order valence-corrected chi connectivity index (χ2v) is 9.11. The molecule has 1 aromatic carbocycles. The van der Waals surface area contributed by atoms with E-state index in [1.165, 1.54) is 5.56 Å². The monoisotopic (exact) mass is 467 g/mol. The zero-order valence-electron chi connectivity index (χ0n) is 19.6. The maximum Gasteiger partial charge on any atom is 0.303 e. The van der Waals surface area contributed by atoms with Gasteiger partial charge in [0.1, 0.15) is 18.0 Å². The van der Waals surface area contributed by atoms with Crippen molar-refractivity contribution >= 4 is 29.3 Å². The Labute approximate surface area is 199 Å². The van der Waals surface area contributed by atoms with Crippen LogP contribution in [0.25, 0.3) is 0 Å². The minimum absolute atomic E-state index is 0.107. The summed E-state index contributed by atoms with van der Waals surface area (Å²) in [6, 6.07) is 8.05. The molecule has 0 saturated heterocycles. The van der Waals surface area contributed by atoms with Gasteiger partial charge in [0.25, 0.3) is 5.91 Å². The molecular formula is C25H33N5O4. The third-order valence-electron chi connectivity index (χ3n) is 6.72. The average molecular weight is 468 g/mol. The number of carbonyl (C=O) groups is 2. The van der Waals surface area contributed by atoms with Crippen molar-refractivity contribution in [1.82, 2.24) is 9.97 Å². The highest BCUT2D eigenvalue weighted by Gasteiger charge is 2.30. The number of benzene rings is 1. The Hall–Kier alpha value is -3.36. The van der Waals surface area contributed by atoms with Crippen LogP contribution in [0.3, 0.4) is 0 Å². The van der Waals surface area contributed by atoms with Gasteiger partial charge in [0.05, 0.1) is 6.54 Å². The number of nitrogen functional groups attached to an aromatic ring is 1. The number of nitrogens with two attached hydrogens (primary N) is 1. The molecule has 0 bridgehead atoms. The summed E-state index contributed by atoms with van der Waals surface area (Å²) >= 11 is 0. The predicted octanol–water partition coefficient (Wildman–Crippen LogP) is 4.06. The van der Waals surface area contributed by atoms with E-state index in [-0.39, 0.29) is 35.5 Å². The Morgan fingerprint density at radius 1 is 1.21 bits per heavy atom. The van der Waals surface area contributed by atoms with Crippen molar-refractivity contribution in [3.8, 4) is 5.88 Å². The summed E-state index contributed by atoms with van der Waals surface area (Å²) in [6.07, 6.45) is 6.14. The smallest absolute Gasteiger partial charge is 0.303 e. The molecule has 4 rings (SSSR count). The van der Waals surface area contributed by atoms with Crippen LogP contribution in [0, 0.1) is 5.92 Å². The van der Waals surface area contributed by atoms with Crippen molar-refractivity contribution in [3.63, 3.8) is 0 Å². The van der Waals surface area contributed by atoms with Crippen LogP contribution in [-0.4, -0.2) is 46.6 Å². The van der Waals surface area contributed by atoms with E-state index in [1.807, 2.05) is 12.1 Å². The van der Waals surface area contributed by atoms with Gasteiger partial charge >= 0.3 is 5.97 Å². The highest BCUT2D eigenvalue weighted by molar-refractivity contribution is 6.10. The summed E-state index contributed by atoms with van der Waals surface area (Å²) in [6.45, 7) is 3.51. The normalized spacial score (nSPS) is 20.3. The summed E-state index contributed by atoms with van der Waals surface area (Å²) in [5, 5.41) is 12.1. The van der Waals surface area contributed by atoms with E-state index in [0.29, 0.717) is 25.0 Å². The lowest BCUT2D eigenvalue weighted by atomic mass is 9.77. The molecule has 1 saturated carbocycles. The van der Waals surface area contributed by atoms with Crippen LogP contribution in [-0.2, 0) is 4.79 Å². The van der Waals surface area contributed by atoms with Crippen molar-refractivity contribution < 1.29 is 19.4 Å². The topological polar surface area (TPSA) is 131 Å². The summed E-state index contributed by atoms with van der Waals surface area (Å²) in [5.74, 6) is 0.406. The maximum absolute atomic E-state index is 13.4. The first-order valence-corrected chi connectivity index (χ1v) is 12.1. The summed E-state index contributed by atoms with van der Waals surface area (Å²) in [5.41, 5.74) is 8.34. The van der Waals surface area contributed by atoms with Gasteiger partial charge in [-0.1, -0.05) is 25.5 Å². The van der Waals surface area contributed by atoms with Crippen LogP contribution in [0.5, 0.6) is 5.88 Å².